The van der Waals surface area contributed by atoms with Crippen molar-refractivity contribution in [1.29, 1.82) is 5.53 Å². The molecule has 1 amide bonds. The number of nitrogens with two attached hydrogens (primary N) is 1. The Morgan fingerprint density at radius 1 is 1.78 bits per heavy atom. The average molecular weight is 129 g/mol. The van der Waals surface area contributed by atoms with Gasteiger partial charge in [-0.3, -0.25) is 4.79 Å². The molecule has 0 aliphatic heterocycles. The van der Waals surface area contributed by atoms with E-state index < -0.39 is 11.4 Å². The zero-order chi connectivity index (χ0) is 7.49. The summed E-state index contributed by atoms with van der Waals surface area (Å²) in [5, 5.41) is 3.21. The van der Waals surface area contributed by atoms with E-state index in [-0.39, 0.29) is 6.42 Å². The third kappa shape index (κ3) is 3.64. The van der Waals surface area contributed by atoms with E-state index in [2.05, 4.69) is 5.11 Å². The minimum atomic E-state index is -0.619. The Balaban J connectivity index is 3.86. The molecule has 0 aromatic rings. The summed E-state index contributed by atoms with van der Waals surface area (Å²) in [6.07, 6.45) is 0.135. The van der Waals surface area contributed by atoms with Crippen molar-refractivity contribution in [3.63, 3.8) is 0 Å². The lowest BCUT2D eigenvalue weighted by Crippen LogP contribution is -2.25. The third-order valence-corrected chi connectivity index (χ3v) is 0.910. The second-order valence-electron chi connectivity index (χ2n) is 2.57. The van der Waals surface area contributed by atoms with Gasteiger partial charge in [-0.05, 0) is 13.8 Å². The first-order valence-electron chi connectivity index (χ1n) is 2.65. The van der Waals surface area contributed by atoms with E-state index in [0.717, 1.165) is 0 Å². The molecule has 0 saturated carbocycles. The molecule has 0 aromatic carbocycles. The molecule has 0 radical (unpaired) electrons. The number of rotatable bonds is 3. The van der Waals surface area contributed by atoms with Crippen molar-refractivity contribution in [1.82, 2.24) is 0 Å². The number of hydrogen-bond acceptors (Lipinski definition) is 3. The first-order valence-corrected chi connectivity index (χ1v) is 2.65. The van der Waals surface area contributed by atoms with Gasteiger partial charge in [-0.2, -0.15) is 5.11 Å². The van der Waals surface area contributed by atoms with Crippen LogP contribution in [0.15, 0.2) is 5.11 Å². The predicted octanol–water partition coefficient (Wildman–Crippen LogP) is 0.671. The second-order valence-corrected chi connectivity index (χ2v) is 2.57. The van der Waals surface area contributed by atoms with Crippen LogP contribution in [0.5, 0.6) is 0 Å². The molecular formula is C5H11N3O. The summed E-state index contributed by atoms with van der Waals surface area (Å²) < 4.78 is 0. The number of nitrogens with one attached hydrogen (secondary N) is 1. The van der Waals surface area contributed by atoms with Crippen LogP contribution >= 0.6 is 0 Å². The van der Waals surface area contributed by atoms with E-state index in [1.165, 1.54) is 0 Å². The van der Waals surface area contributed by atoms with Crippen LogP contribution in [0.4, 0.5) is 0 Å². The number of primary amides is 1. The molecule has 9 heavy (non-hydrogen) atoms. The molecule has 0 bridgehead atoms. The lowest BCUT2D eigenvalue weighted by molar-refractivity contribution is -0.118. The number of hydrogen-bond donors (Lipinski definition) is 2. The number of carbonyl (C=O) groups excluding carboxylic acids is 1. The summed E-state index contributed by atoms with van der Waals surface area (Å²) in [6, 6.07) is 0. The van der Waals surface area contributed by atoms with Crippen LogP contribution in [0.2, 0.25) is 0 Å². The van der Waals surface area contributed by atoms with Gasteiger partial charge in [-0.1, -0.05) is 0 Å². The highest BCUT2D eigenvalue weighted by molar-refractivity contribution is 5.74. The Kier molecular flexibility index (Phi) is 2.30. The molecule has 3 N–H and O–H groups in total. The SMILES string of the molecule is CC(C)(CC(N)=O)N=N. The van der Waals surface area contributed by atoms with Crippen LogP contribution < -0.4 is 5.73 Å². The minimum Gasteiger partial charge on any atom is -0.370 e. The first kappa shape index (κ1) is 8.07. The first-order chi connectivity index (χ1) is 3.98. The molecule has 4 heteroatoms. The van der Waals surface area contributed by atoms with Crippen LogP contribution in [0.3, 0.4) is 0 Å². The van der Waals surface area contributed by atoms with Crippen LogP contribution in [0, 0.1) is 5.53 Å². The topological polar surface area (TPSA) is 79.3 Å². The van der Waals surface area contributed by atoms with Crippen molar-refractivity contribution in [2.75, 3.05) is 0 Å². The highest BCUT2D eigenvalue weighted by Gasteiger charge is 2.18. The maximum absolute atomic E-state index is 10.3. The van der Waals surface area contributed by atoms with Gasteiger partial charge in [0.05, 0.1) is 12.0 Å². The van der Waals surface area contributed by atoms with Crippen molar-refractivity contribution >= 4 is 5.91 Å². The summed E-state index contributed by atoms with van der Waals surface area (Å²) >= 11 is 0. The van der Waals surface area contributed by atoms with Gasteiger partial charge in [-0.15, -0.1) is 0 Å². The molecule has 0 spiro atoms. The van der Waals surface area contributed by atoms with Gasteiger partial charge in [0.2, 0.25) is 5.91 Å². The quantitative estimate of drug-likeness (QED) is 0.539. The summed E-state index contributed by atoms with van der Waals surface area (Å²) in [5.74, 6) is -0.420. The van der Waals surface area contributed by atoms with E-state index in [4.69, 9.17) is 11.3 Å². The standard InChI is InChI=1S/C5H11N3O/c1-5(2,8-7)3-4(6)9/h7H,3H2,1-2H3,(H2,6,9). The summed E-state index contributed by atoms with van der Waals surface area (Å²) in [5.41, 5.74) is 10.9. The highest BCUT2D eigenvalue weighted by atomic mass is 16.1. The van der Waals surface area contributed by atoms with E-state index in [1.54, 1.807) is 13.8 Å². The minimum absolute atomic E-state index is 0.135. The molecule has 52 valence electrons. The molecule has 0 fully saturated rings. The monoisotopic (exact) mass is 129 g/mol. The Labute approximate surface area is 53.9 Å². The van der Waals surface area contributed by atoms with Gasteiger partial charge in [0.25, 0.3) is 0 Å². The second kappa shape index (κ2) is 2.57. The Morgan fingerprint density at radius 3 is 2.33 bits per heavy atom. The molecule has 0 saturated heterocycles. The molecule has 4 nitrogen and oxygen atoms in total. The number of carbonyl (C=O) groups is 1. The Hall–Kier alpha value is -0.930. The lowest BCUT2D eigenvalue weighted by Gasteiger charge is -2.13. The Bertz CT molecular complexity index is 130. The van der Waals surface area contributed by atoms with E-state index in [9.17, 15) is 4.79 Å². The van der Waals surface area contributed by atoms with E-state index >= 15 is 0 Å². The molecule has 0 unspecified atom stereocenters. The van der Waals surface area contributed by atoms with Crippen molar-refractivity contribution in [2.45, 2.75) is 25.8 Å². The lowest BCUT2D eigenvalue weighted by atomic mass is 10.0. The zero-order valence-corrected chi connectivity index (χ0v) is 5.64. The van der Waals surface area contributed by atoms with Crippen LogP contribution in [-0.2, 0) is 4.79 Å². The maximum Gasteiger partial charge on any atom is 0.219 e. The smallest absolute Gasteiger partial charge is 0.219 e. The normalized spacial score (nSPS) is 10.9. The van der Waals surface area contributed by atoms with Gasteiger partial charge in [0.1, 0.15) is 0 Å². The summed E-state index contributed by atoms with van der Waals surface area (Å²) in [6.45, 7) is 3.37. The Morgan fingerprint density at radius 2 is 2.22 bits per heavy atom. The summed E-state index contributed by atoms with van der Waals surface area (Å²) in [4.78, 5) is 10.3. The fourth-order valence-corrected chi connectivity index (χ4v) is 0.466. The molecule has 0 aromatic heterocycles. The molecular weight excluding hydrogens is 118 g/mol. The van der Waals surface area contributed by atoms with Gasteiger partial charge >= 0.3 is 0 Å². The fraction of sp³-hybridized carbons (Fsp3) is 0.800. The molecule has 0 aliphatic rings. The predicted molar refractivity (Wildman–Crippen MR) is 33.0 cm³/mol. The molecule has 0 rings (SSSR count). The van der Waals surface area contributed by atoms with Crippen molar-refractivity contribution in [2.24, 2.45) is 10.8 Å². The van der Waals surface area contributed by atoms with E-state index in [1.807, 2.05) is 0 Å². The zero-order valence-electron chi connectivity index (χ0n) is 5.64. The van der Waals surface area contributed by atoms with Gasteiger partial charge in [-0.25, -0.2) is 5.53 Å². The van der Waals surface area contributed by atoms with Crippen LogP contribution in [0.25, 0.3) is 0 Å². The molecule has 0 heterocycles. The van der Waals surface area contributed by atoms with E-state index in [0.29, 0.717) is 0 Å². The number of nitrogens with zero attached hydrogens (tertiary/aromatic N) is 1. The fourth-order valence-electron chi connectivity index (χ4n) is 0.466. The van der Waals surface area contributed by atoms with Crippen molar-refractivity contribution < 1.29 is 4.79 Å². The third-order valence-electron chi connectivity index (χ3n) is 0.910. The van der Waals surface area contributed by atoms with Crippen molar-refractivity contribution in [3.05, 3.63) is 0 Å². The largest absolute Gasteiger partial charge is 0.370 e. The number of amides is 1. The van der Waals surface area contributed by atoms with Gasteiger partial charge in [0, 0.05) is 0 Å². The van der Waals surface area contributed by atoms with Crippen LogP contribution in [-0.4, -0.2) is 11.4 Å². The van der Waals surface area contributed by atoms with Crippen molar-refractivity contribution in [3.8, 4) is 0 Å². The summed E-state index contributed by atoms with van der Waals surface area (Å²) in [7, 11) is 0. The maximum atomic E-state index is 10.3. The highest BCUT2D eigenvalue weighted by Crippen LogP contribution is 2.11. The van der Waals surface area contributed by atoms with Crippen LogP contribution in [0.1, 0.15) is 20.3 Å². The molecule has 0 atom stereocenters. The van der Waals surface area contributed by atoms with Gasteiger partial charge < -0.3 is 5.73 Å². The van der Waals surface area contributed by atoms with Gasteiger partial charge in [0.15, 0.2) is 0 Å². The molecule has 0 aliphatic carbocycles. The average Bonchev–Trinajstić information content (AvgIpc) is 1.63.